The lowest BCUT2D eigenvalue weighted by Crippen LogP contribution is -2.39. The topological polar surface area (TPSA) is 61.5 Å². The van der Waals surface area contributed by atoms with Crippen LogP contribution in [0.3, 0.4) is 0 Å². The van der Waals surface area contributed by atoms with Gasteiger partial charge in [-0.25, -0.2) is 0 Å². The normalized spacial score (nSPS) is 12.4. The van der Waals surface area contributed by atoms with E-state index < -0.39 is 12.0 Å². The van der Waals surface area contributed by atoms with Gasteiger partial charge < -0.3 is 15.2 Å². The Morgan fingerprint density at radius 1 is 1.26 bits per heavy atom. The first-order valence-corrected chi connectivity index (χ1v) is 5.98. The molecule has 5 heteroatoms. The summed E-state index contributed by atoms with van der Waals surface area (Å²) in [5.74, 6) is -0.442. The molecule has 0 aromatic heterocycles. The molecule has 1 aromatic rings. The van der Waals surface area contributed by atoms with Crippen molar-refractivity contribution >= 4 is 18.4 Å². The second-order valence-corrected chi connectivity index (χ2v) is 5.12. The lowest BCUT2D eigenvalue weighted by Gasteiger charge is -2.21. The van der Waals surface area contributed by atoms with E-state index in [1.807, 2.05) is 51.1 Å². The standard InChI is InChI=1S/C14H21NO3.ClH/c1-14(2,3)18-10-12(15)13(16)17-9-11-7-5-4-6-8-11;/h4-8,12H,9-10,15H2,1-3H3;1H/t12-;/m0./s1. The van der Waals surface area contributed by atoms with Crippen molar-refractivity contribution < 1.29 is 14.3 Å². The predicted octanol–water partition coefficient (Wildman–Crippen LogP) is 2.29. The summed E-state index contributed by atoms with van der Waals surface area (Å²) >= 11 is 0. The molecule has 1 aromatic carbocycles. The van der Waals surface area contributed by atoms with E-state index in [1.165, 1.54) is 0 Å². The highest BCUT2D eigenvalue weighted by molar-refractivity contribution is 5.85. The Morgan fingerprint density at radius 3 is 2.37 bits per heavy atom. The molecule has 19 heavy (non-hydrogen) atoms. The van der Waals surface area contributed by atoms with Crippen molar-refractivity contribution in [1.82, 2.24) is 0 Å². The number of nitrogens with two attached hydrogens (primary N) is 1. The highest BCUT2D eigenvalue weighted by Crippen LogP contribution is 2.07. The minimum atomic E-state index is -0.743. The molecule has 0 aliphatic carbocycles. The third-order valence-corrected chi connectivity index (χ3v) is 2.22. The van der Waals surface area contributed by atoms with Crippen LogP contribution in [0.5, 0.6) is 0 Å². The Bertz CT molecular complexity index is 376. The van der Waals surface area contributed by atoms with Gasteiger partial charge in [0, 0.05) is 0 Å². The average Bonchev–Trinajstić information content (AvgIpc) is 2.33. The zero-order chi connectivity index (χ0) is 13.6. The zero-order valence-electron chi connectivity index (χ0n) is 11.6. The van der Waals surface area contributed by atoms with E-state index in [0.29, 0.717) is 0 Å². The summed E-state index contributed by atoms with van der Waals surface area (Å²) in [5.41, 5.74) is 6.32. The van der Waals surface area contributed by atoms with Crippen LogP contribution in [0.15, 0.2) is 30.3 Å². The third kappa shape index (κ3) is 7.82. The molecule has 0 heterocycles. The summed E-state index contributed by atoms with van der Waals surface area (Å²) in [6, 6.07) is 8.74. The van der Waals surface area contributed by atoms with Crippen LogP contribution in [0.2, 0.25) is 0 Å². The highest BCUT2D eigenvalue weighted by atomic mass is 35.5. The Hall–Kier alpha value is -1.10. The van der Waals surface area contributed by atoms with Crippen LogP contribution in [0.4, 0.5) is 0 Å². The molecule has 0 spiro atoms. The molecule has 1 rings (SSSR count). The lowest BCUT2D eigenvalue weighted by atomic mass is 10.2. The van der Waals surface area contributed by atoms with Gasteiger partial charge in [0.2, 0.25) is 0 Å². The molecule has 0 fully saturated rings. The molecule has 108 valence electrons. The average molecular weight is 288 g/mol. The van der Waals surface area contributed by atoms with Crippen LogP contribution in [-0.4, -0.2) is 24.2 Å². The Morgan fingerprint density at radius 2 is 1.84 bits per heavy atom. The van der Waals surface area contributed by atoms with Gasteiger partial charge in [0.15, 0.2) is 0 Å². The SMILES string of the molecule is CC(C)(C)OC[C@H](N)C(=O)OCc1ccccc1.Cl. The van der Waals surface area contributed by atoms with Gasteiger partial charge in [-0.2, -0.15) is 0 Å². The van der Waals surface area contributed by atoms with Crippen molar-refractivity contribution in [2.24, 2.45) is 5.73 Å². The number of hydrogen-bond donors (Lipinski definition) is 1. The molecule has 0 saturated heterocycles. The van der Waals surface area contributed by atoms with E-state index >= 15 is 0 Å². The van der Waals surface area contributed by atoms with Gasteiger partial charge in [-0.1, -0.05) is 30.3 Å². The summed E-state index contributed by atoms with van der Waals surface area (Å²) in [6.07, 6.45) is 0. The zero-order valence-corrected chi connectivity index (χ0v) is 12.4. The van der Waals surface area contributed by atoms with E-state index in [4.69, 9.17) is 15.2 Å². The molecule has 0 amide bonds. The minimum absolute atomic E-state index is 0. The van der Waals surface area contributed by atoms with E-state index in [2.05, 4.69) is 0 Å². The maximum absolute atomic E-state index is 11.6. The second-order valence-electron chi connectivity index (χ2n) is 5.12. The maximum Gasteiger partial charge on any atom is 0.325 e. The van der Waals surface area contributed by atoms with E-state index in [-0.39, 0.29) is 31.2 Å². The van der Waals surface area contributed by atoms with E-state index in [1.54, 1.807) is 0 Å². The van der Waals surface area contributed by atoms with Crippen molar-refractivity contribution in [2.45, 2.75) is 39.0 Å². The van der Waals surface area contributed by atoms with Gasteiger partial charge in [-0.05, 0) is 26.3 Å². The summed E-state index contributed by atoms with van der Waals surface area (Å²) < 4.78 is 10.5. The molecular formula is C14H22ClNO3. The fourth-order valence-corrected chi connectivity index (χ4v) is 1.24. The van der Waals surface area contributed by atoms with Gasteiger partial charge in [-0.15, -0.1) is 12.4 Å². The summed E-state index contributed by atoms with van der Waals surface area (Å²) in [4.78, 5) is 11.6. The maximum atomic E-state index is 11.6. The first kappa shape index (κ1) is 17.9. The number of halogens is 1. The van der Waals surface area contributed by atoms with Gasteiger partial charge in [0.05, 0.1) is 12.2 Å². The van der Waals surface area contributed by atoms with Gasteiger partial charge in [0.25, 0.3) is 0 Å². The van der Waals surface area contributed by atoms with Crippen molar-refractivity contribution in [3.05, 3.63) is 35.9 Å². The van der Waals surface area contributed by atoms with E-state index in [9.17, 15) is 4.79 Å². The summed E-state index contributed by atoms with van der Waals surface area (Å²) in [6.45, 7) is 6.14. The van der Waals surface area contributed by atoms with Crippen LogP contribution >= 0.6 is 12.4 Å². The summed E-state index contributed by atoms with van der Waals surface area (Å²) in [7, 11) is 0. The first-order valence-electron chi connectivity index (χ1n) is 5.98. The predicted molar refractivity (Wildman–Crippen MR) is 77.2 cm³/mol. The molecule has 0 aliphatic rings. The largest absolute Gasteiger partial charge is 0.460 e. The monoisotopic (exact) mass is 287 g/mol. The highest BCUT2D eigenvalue weighted by Gasteiger charge is 2.19. The number of carbonyl (C=O) groups excluding carboxylic acids is 1. The number of hydrogen-bond acceptors (Lipinski definition) is 4. The Balaban J connectivity index is 0.00000324. The van der Waals surface area contributed by atoms with Crippen LogP contribution in [0.25, 0.3) is 0 Å². The molecular weight excluding hydrogens is 266 g/mol. The van der Waals surface area contributed by atoms with Gasteiger partial charge in [-0.3, -0.25) is 4.79 Å². The quantitative estimate of drug-likeness (QED) is 0.844. The lowest BCUT2D eigenvalue weighted by molar-refractivity contribution is -0.149. The Labute approximate surface area is 120 Å². The second kappa shape index (κ2) is 8.15. The Kier molecular flexibility index (Phi) is 7.68. The van der Waals surface area contributed by atoms with Crippen molar-refractivity contribution in [3.63, 3.8) is 0 Å². The number of ether oxygens (including phenoxy) is 2. The summed E-state index contributed by atoms with van der Waals surface area (Å²) in [5, 5.41) is 0. The molecule has 0 aliphatic heterocycles. The van der Waals surface area contributed by atoms with Crippen molar-refractivity contribution in [2.75, 3.05) is 6.61 Å². The molecule has 0 radical (unpaired) electrons. The molecule has 1 atom stereocenters. The minimum Gasteiger partial charge on any atom is -0.460 e. The fraction of sp³-hybridized carbons (Fsp3) is 0.500. The number of esters is 1. The molecule has 4 nitrogen and oxygen atoms in total. The molecule has 0 bridgehead atoms. The van der Waals surface area contributed by atoms with Gasteiger partial charge >= 0.3 is 5.97 Å². The smallest absolute Gasteiger partial charge is 0.325 e. The van der Waals surface area contributed by atoms with Crippen LogP contribution in [0.1, 0.15) is 26.3 Å². The third-order valence-electron chi connectivity index (χ3n) is 2.22. The van der Waals surface area contributed by atoms with Crippen LogP contribution < -0.4 is 5.73 Å². The molecule has 2 N–H and O–H groups in total. The number of benzene rings is 1. The first-order chi connectivity index (χ1) is 8.38. The fourth-order valence-electron chi connectivity index (χ4n) is 1.24. The van der Waals surface area contributed by atoms with Crippen molar-refractivity contribution in [3.8, 4) is 0 Å². The number of rotatable bonds is 5. The molecule has 0 unspecified atom stereocenters. The van der Waals surface area contributed by atoms with E-state index in [0.717, 1.165) is 5.56 Å². The van der Waals surface area contributed by atoms with Crippen LogP contribution in [-0.2, 0) is 20.9 Å². The van der Waals surface area contributed by atoms with Gasteiger partial charge in [0.1, 0.15) is 12.6 Å². The number of carbonyl (C=O) groups is 1. The molecule has 0 saturated carbocycles. The van der Waals surface area contributed by atoms with Crippen LogP contribution in [0, 0.1) is 0 Å². The van der Waals surface area contributed by atoms with Crippen molar-refractivity contribution in [1.29, 1.82) is 0 Å².